The molecule has 1 rings (SSSR count). The molecule has 0 aliphatic heterocycles. The molecular formula is C9H12BNO5. The number of esters is 1. The van der Waals surface area contributed by atoms with Gasteiger partial charge in [0.05, 0.1) is 22.3 Å². The van der Waals surface area contributed by atoms with Crippen molar-refractivity contribution in [1.82, 2.24) is 4.98 Å². The van der Waals surface area contributed by atoms with Crippen LogP contribution in [0.5, 0.6) is 5.88 Å². The summed E-state index contributed by atoms with van der Waals surface area (Å²) >= 11 is 0. The molecule has 0 bridgehead atoms. The van der Waals surface area contributed by atoms with Gasteiger partial charge in [0.15, 0.2) is 0 Å². The first-order chi connectivity index (χ1) is 9.80. The van der Waals surface area contributed by atoms with E-state index in [1.54, 1.807) is 0 Å². The van der Waals surface area contributed by atoms with Crippen molar-refractivity contribution in [2.24, 2.45) is 0 Å². The van der Waals surface area contributed by atoms with Crippen LogP contribution in [0.25, 0.3) is 0 Å². The molecule has 0 atom stereocenters. The van der Waals surface area contributed by atoms with Gasteiger partial charge in [-0.25, -0.2) is 9.78 Å². The van der Waals surface area contributed by atoms with Crippen molar-refractivity contribution in [3.63, 3.8) is 0 Å². The molecule has 16 heavy (non-hydrogen) atoms. The van der Waals surface area contributed by atoms with Crippen LogP contribution in [0.2, 0.25) is 0 Å². The molecule has 0 saturated carbocycles. The highest BCUT2D eigenvalue weighted by molar-refractivity contribution is 6.59. The number of pyridine rings is 1. The van der Waals surface area contributed by atoms with Gasteiger partial charge < -0.3 is 19.5 Å². The number of carbonyl (C=O) groups excluding carboxylic acids is 1. The molecule has 0 saturated heterocycles. The maximum Gasteiger partial charge on any atom is 0.490 e. The van der Waals surface area contributed by atoms with Gasteiger partial charge in [-0.15, -0.1) is 0 Å². The number of methoxy groups -OCH3 is 2. The van der Waals surface area contributed by atoms with Crippen LogP contribution >= 0.6 is 0 Å². The Labute approximate surface area is 101 Å². The number of nitrogens with zero attached hydrogens (tertiary/aromatic N) is 1. The summed E-state index contributed by atoms with van der Waals surface area (Å²) in [7, 11) is -8.03. The lowest BCUT2D eigenvalue weighted by Crippen LogP contribution is -2.34. The van der Waals surface area contributed by atoms with E-state index in [2.05, 4.69) is 14.5 Å². The first-order valence-electron chi connectivity index (χ1n) is 7.10. The lowest BCUT2D eigenvalue weighted by Gasteiger charge is -2.10. The highest BCUT2D eigenvalue weighted by Gasteiger charge is 2.22. The largest absolute Gasteiger partial charge is 0.490 e. The second-order valence-corrected chi connectivity index (χ2v) is 2.88. The molecule has 0 amide bonds. The van der Waals surface area contributed by atoms with Crippen molar-refractivity contribution in [1.29, 1.82) is 0 Å². The normalized spacial score (nSPS) is 16.9. The van der Waals surface area contributed by atoms with Crippen molar-refractivity contribution >= 4 is 18.6 Å². The molecule has 0 aliphatic carbocycles. The second kappa shape index (κ2) is 4.95. The molecule has 1 aromatic heterocycles. The molecule has 86 valence electrons. The van der Waals surface area contributed by atoms with E-state index >= 15 is 0 Å². The van der Waals surface area contributed by atoms with E-state index in [4.69, 9.17) is 18.3 Å². The monoisotopic (exact) mass is 231 g/mol. The van der Waals surface area contributed by atoms with E-state index in [-0.39, 0.29) is 11.2 Å². The molecule has 0 unspecified atom stereocenters. The molecule has 0 radical (unpaired) electrons. The average molecular weight is 231 g/mol. The van der Waals surface area contributed by atoms with E-state index < -0.39 is 38.6 Å². The average Bonchev–Trinajstić information content (AvgIpc) is 2.23. The first kappa shape index (κ1) is 6.22. The zero-order chi connectivity index (χ0) is 17.3. The van der Waals surface area contributed by atoms with Gasteiger partial charge in [-0.3, -0.25) is 0 Å². The number of ether oxygens (including phenoxy) is 2. The topological polar surface area (TPSA) is 88.9 Å². The van der Waals surface area contributed by atoms with Gasteiger partial charge in [0, 0.05) is 11.2 Å². The Kier molecular flexibility index (Phi) is 1.93. The Morgan fingerprint density at radius 2 is 2.31 bits per heavy atom. The van der Waals surface area contributed by atoms with Crippen LogP contribution < -0.4 is 10.2 Å². The summed E-state index contributed by atoms with van der Waals surface area (Å²) in [6, 6.07) is 0.849. The molecule has 0 aromatic carbocycles. The molecule has 1 aromatic rings. The van der Waals surface area contributed by atoms with Crippen LogP contribution in [0, 0.1) is 6.92 Å². The number of carbonyl (C=O) groups is 1. The summed E-state index contributed by atoms with van der Waals surface area (Å²) in [4.78, 5) is 15.4. The quantitative estimate of drug-likeness (QED) is 0.505. The maximum absolute atomic E-state index is 11.8. The molecule has 6 nitrogen and oxygen atoms in total. The Hall–Kier alpha value is -1.60. The van der Waals surface area contributed by atoms with Gasteiger partial charge >= 0.3 is 13.1 Å². The number of aryl methyl sites for hydroxylation is 1. The van der Waals surface area contributed by atoms with E-state index in [0.717, 1.165) is 6.07 Å². The van der Waals surface area contributed by atoms with E-state index in [9.17, 15) is 4.79 Å². The minimum Gasteiger partial charge on any atom is -0.480 e. The number of aromatic nitrogens is 1. The van der Waals surface area contributed by atoms with E-state index in [0.29, 0.717) is 0 Å². The van der Waals surface area contributed by atoms with Crippen LogP contribution in [0.3, 0.4) is 0 Å². The maximum atomic E-state index is 11.8. The molecule has 0 spiro atoms. The molecular weight excluding hydrogens is 213 g/mol. The third-order valence-corrected chi connectivity index (χ3v) is 1.90. The van der Waals surface area contributed by atoms with Crippen LogP contribution in [-0.4, -0.2) is 42.2 Å². The Morgan fingerprint density at radius 1 is 1.56 bits per heavy atom. The first-order valence-corrected chi connectivity index (χ1v) is 4.10. The van der Waals surface area contributed by atoms with Crippen molar-refractivity contribution in [3.8, 4) is 5.88 Å². The number of hydrogen-bond acceptors (Lipinski definition) is 6. The highest BCUT2D eigenvalue weighted by atomic mass is 16.5. The third kappa shape index (κ3) is 2.31. The summed E-state index contributed by atoms with van der Waals surface area (Å²) in [6.07, 6.45) is 0. The molecule has 0 fully saturated rings. The van der Waals surface area contributed by atoms with Crippen LogP contribution in [0.15, 0.2) is 6.07 Å². The van der Waals surface area contributed by atoms with Gasteiger partial charge in [-0.2, -0.15) is 0 Å². The summed E-state index contributed by atoms with van der Waals surface area (Å²) in [5.41, 5.74) is -0.893. The van der Waals surface area contributed by atoms with Gasteiger partial charge in [0.2, 0.25) is 5.88 Å². The van der Waals surface area contributed by atoms with Crippen LogP contribution in [-0.2, 0) is 4.74 Å². The number of hydrogen-bond donors (Lipinski definition) is 2. The standard InChI is InChI=1S/C9H12BNO5/c1-5-7(10(13)14)4-6(9(12)16-3)8(11-5)15-2/h4,13-14H,1-3H3/i2D3,3D3. The zero-order valence-electron chi connectivity index (χ0n) is 14.2. The zero-order valence-corrected chi connectivity index (χ0v) is 8.22. The van der Waals surface area contributed by atoms with Crippen molar-refractivity contribution < 1.29 is 32.5 Å². The lowest BCUT2D eigenvalue weighted by molar-refractivity contribution is 0.0596. The molecule has 7 heteroatoms. The predicted octanol–water partition coefficient (Wildman–Crippen LogP) is -1.13. The number of rotatable bonds is 3. The minimum atomic E-state index is -3.07. The second-order valence-electron chi connectivity index (χ2n) is 2.88. The van der Waals surface area contributed by atoms with Crippen molar-refractivity contribution in [2.45, 2.75) is 6.92 Å². The van der Waals surface area contributed by atoms with Crippen molar-refractivity contribution in [3.05, 3.63) is 17.3 Å². The fourth-order valence-corrected chi connectivity index (χ4v) is 1.14. The van der Waals surface area contributed by atoms with Crippen LogP contribution in [0.4, 0.5) is 0 Å². The summed E-state index contributed by atoms with van der Waals surface area (Å²) in [6.45, 7) is 1.32. The Bertz CT molecular complexity index is 573. The summed E-state index contributed by atoms with van der Waals surface area (Å²) in [5.74, 6) is -2.13. The van der Waals surface area contributed by atoms with Crippen molar-refractivity contribution in [2.75, 3.05) is 14.1 Å². The Balaban J connectivity index is 3.36. The molecule has 0 aliphatic rings. The Morgan fingerprint density at radius 3 is 2.88 bits per heavy atom. The predicted molar refractivity (Wildman–Crippen MR) is 56.7 cm³/mol. The van der Waals surface area contributed by atoms with E-state index in [1.807, 2.05) is 0 Å². The highest BCUT2D eigenvalue weighted by Crippen LogP contribution is 2.15. The lowest BCUT2D eigenvalue weighted by atomic mass is 9.78. The SMILES string of the molecule is [2H]C([2H])([2H])OC(=O)c1cc(B(O)O)c(C)nc1OC([2H])([2H])[2H]. The smallest absolute Gasteiger partial charge is 0.480 e. The molecule has 1 heterocycles. The van der Waals surface area contributed by atoms with Crippen LogP contribution in [0.1, 0.15) is 24.3 Å². The van der Waals surface area contributed by atoms with E-state index in [1.165, 1.54) is 6.92 Å². The molecule has 2 N–H and O–H groups in total. The van der Waals surface area contributed by atoms with Gasteiger partial charge in [0.25, 0.3) is 0 Å². The minimum absolute atomic E-state index is 0.0142. The van der Waals surface area contributed by atoms with Gasteiger partial charge in [-0.05, 0) is 13.0 Å². The fourth-order valence-electron chi connectivity index (χ4n) is 1.14. The summed E-state index contributed by atoms with van der Waals surface area (Å²) < 4.78 is 50.3. The van der Waals surface area contributed by atoms with Gasteiger partial charge in [-0.1, -0.05) is 0 Å². The summed E-state index contributed by atoms with van der Waals surface area (Å²) in [5, 5.41) is 18.3. The van der Waals surface area contributed by atoms with Gasteiger partial charge in [0.1, 0.15) is 5.56 Å². The third-order valence-electron chi connectivity index (χ3n) is 1.90. The fraction of sp³-hybridized carbons (Fsp3) is 0.333.